The first-order chi connectivity index (χ1) is 15.4. The minimum atomic E-state index is -2.89. The molecule has 1 heterocycles. The number of anilines is 1. The SMILES string of the molecule is COc1ccc(-c2nnc(SCC(=O)Nc3ccc(OC(F)F)cc3)n2CC(C)C)cc1. The fourth-order valence-corrected chi connectivity index (χ4v) is 3.67. The number of methoxy groups -OCH3 is 1. The van der Waals surface area contributed by atoms with Gasteiger partial charge in [0.1, 0.15) is 11.5 Å². The van der Waals surface area contributed by atoms with Crippen molar-refractivity contribution in [1.82, 2.24) is 14.8 Å². The number of rotatable bonds is 10. The summed E-state index contributed by atoms with van der Waals surface area (Å²) in [7, 11) is 1.61. The second kappa shape index (κ2) is 10.9. The molecule has 0 aliphatic carbocycles. The van der Waals surface area contributed by atoms with E-state index in [1.54, 1.807) is 7.11 Å². The first kappa shape index (κ1) is 23.5. The third-order valence-electron chi connectivity index (χ3n) is 4.31. The highest BCUT2D eigenvalue weighted by atomic mass is 32.2. The molecule has 0 spiro atoms. The molecule has 32 heavy (non-hydrogen) atoms. The fourth-order valence-electron chi connectivity index (χ4n) is 2.93. The van der Waals surface area contributed by atoms with Crippen molar-refractivity contribution in [2.75, 3.05) is 18.2 Å². The highest BCUT2D eigenvalue weighted by Crippen LogP contribution is 2.27. The number of thioether (sulfide) groups is 1. The van der Waals surface area contributed by atoms with Crippen LogP contribution in [0.15, 0.2) is 53.7 Å². The van der Waals surface area contributed by atoms with Gasteiger partial charge in [-0.05, 0) is 54.4 Å². The van der Waals surface area contributed by atoms with Crippen LogP contribution < -0.4 is 14.8 Å². The Balaban J connectivity index is 1.67. The van der Waals surface area contributed by atoms with Gasteiger partial charge < -0.3 is 19.4 Å². The summed E-state index contributed by atoms with van der Waals surface area (Å²) in [4.78, 5) is 12.4. The maximum Gasteiger partial charge on any atom is 0.387 e. The minimum Gasteiger partial charge on any atom is -0.497 e. The van der Waals surface area contributed by atoms with Gasteiger partial charge >= 0.3 is 6.61 Å². The molecule has 2 aromatic carbocycles. The van der Waals surface area contributed by atoms with Crippen LogP contribution in [0.4, 0.5) is 14.5 Å². The van der Waals surface area contributed by atoms with E-state index in [1.807, 2.05) is 28.8 Å². The number of nitrogens with one attached hydrogen (secondary N) is 1. The lowest BCUT2D eigenvalue weighted by Gasteiger charge is -2.13. The normalized spacial score (nSPS) is 11.1. The number of aromatic nitrogens is 3. The number of carbonyl (C=O) groups is 1. The van der Waals surface area contributed by atoms with Gasteiger partial charge in [-0.3, -0.25) is 4.79 Å². The average molecular weight is 463 g/mol. The van der Waals surface area contributed by atoms with Gasteiger partial charge in [0.05, 0.1) is 12.9 Å². The van der Waals surface area contributed by atoms with Crippen molar-refractivity contribution < 1.29 is 23.0 Å². The van der Waals surface area contributed by atoms with E-state index in [9.17, 15) is 13.6 Å². The molecule has 10 heteroatoms. The molecule has 0 atom stereocenters. The van der Waals surface area contributed by atoms with Crippen LogP contribution in [-0.4, -0.2) is 40.1 Å². The molecule has 3 aromatic rings. The number of halogens is 2. The molecule has 0 aliphatic rings. The number of alkyl halides is 2. The summed E-state index contributed by atoms with van der Waals surface area (Å²) < 4.78 is 36.0. The first-order valence-corrected chi connectivity index (χ1v) is 10.9. The monoisotopic (exact) mass is 462 g/mol. The van der Waals surface area contributed by atoms with Gasteiger partial charge in [-0.25, -0.2) is 0 Å². The Bertz CT molecular complexity index is 1020. The molecular formula is C22H24F2N4O3S. The van der Waals surface area contributed by atoms with Crippen molar-refractivity contribution in [3.63, 3.8) is 0 Å². The van der Waals surface area contributed by atoms with Crippen LogP contribution in [0.3, 0.4) is 0 Å². The number of amides is 1. The van der Waals surface area contributed by atoms with E-state index in [4.69, 9.17) is 4.74 Å². The summed E-state index contributed by atoms with van der Waals surface area (Å²) in [6.45, 7) is 2.00. The van der Waals surface area contributed by atoms with E-state index in [1.165, 1.54) is 36.0 Å². The van der Waals surface area contributed by atoms with Gasteiger partial charge in [0.15, 0.2) is 11.0 Å². The van der Waals surface area contributed by atoms with Crippen LogP contribution in [0.1, 0.15) is 13.8 Å². The van der Waals surface area contributed by atoms with Crippen LogP contribution in [0.2, 0.25) is 0 Å². The molecule has 0 saturated heterocycles. The van der Waals surface area contributed by atoms with E-state index >= 15 is 0 Å². The van der Waals surface area contributed by atoms with Gasteiger partial charge in [0.2, 0.25) is 5.91 Å². The Morgan fingerprint density at radius 2 is 1.72 bits per heavy atom. The van der Waals surface area contributed by atoms with E-state index in [2.05, 4.69) is 34.1 Å². The van der Waals surface area contributed by atoms with Crippen LogP contribution >= 0.6 is 11.8 Å². The zero-order valence-corrected chi connectivity index (χ0v) is 18.7. The Morgan fingerprint density at radius 1 is 1.06 bits per heavy atom. The smallest absolute Gasteiger partial charge is 0.387 e. The average Bonchev–Trinajstić information content (AvgIpc) is 3.15. The van der Waals surface area contributed by atoms with Gasteiger partial charge in [-0.1, -0.05) is 25.6 Å². The van der Waals surface area contributed by atoms with Crippen molar-refractivity contribution in [1.29, 1.82) is 0 Å². The molecule has 1 N–H and O–H groups in total. The van der Waals surface area contributed by atoms with E-state index < -0.39 is 6.61 Å². The molecule has 0 fully saturated rings. The fraction of sp³-hybridized carbons (Fsp3) is 0.318. The summed E-state index contributed by atoms with van der Waals surface area (Å²) in [6.07, 6.45) is 0. The maximum absolute atomic E-state index is 12.4. The number of ether oxygens (including phenoxy) is 2. The Kier molecular flexibility index (Phi) is 8.04. The predicted octanol–water partition coefficient (Wildman–Crippen LogP) is 4.94. The number of nitrogens with zero attached hydrogens (tertiary/aromatic N) is 3. The van der Waals surface area contributed by atoms with Gasteiger partial charge in [-0.15, -0.1) is 10.2 Å². The van der Waals surface area contributed by atoms with Crippen molar-refractivity contribution in [2.24, 2.45) is 5.92 Å². The number of carbonyl (C=O) groups excluding carboxylic acids is 1. The second-order valence-corrected chi connectivity index (χ2v) is 8.22. The second-order valence-electron chi connectivity index (χ2n) is 7.28. The zero-order chi connectivity index (χ0) is 23.1. The Morgan fingerprint density at radius 3 is 2.31 bits per heavy atom. The molecule has 3 rings (SSSR count). The quantitative estimate of drug-likeness (QED) is 0.430. The molecule has 7 nitrogen and oxygen atoms in total. The molecular weight excluding hydrogens is 438 g/mol. The molecule has 0 aliphatic heterocycles. The third-order valence-corrected chi connectivity index (χ3v) is 5.28. The molecule has 0 unspecified atom stereocenters. The van der Waals surface area contributed by atoms with Crippen LogP contribution in [0, 0.1) is 5.92 Å². The van der Waals surface area contributed by atoms with E-state index in [-0.39, 0.29) is 17.4 Å². The minimum absolute atomic E-state index is 0.0280. The van der Waals surface area contributed by atoms with Crippen molar-refractivity contribution in [2.45, 2.75) is 32.2 Å². The number of hydrogen-bond donors (Lipinski definition) is 1. The Hall–Kier alpha value is -3.14. The molecule has 0 saturated carbocycles. The first-order valence-electron chi connectivity index (χ1n) is 9.91. The number of hydrogen-bond acceptors (Lipinski definition) is 6. The van der Waals surface area contributed by atoms with Crippen molar-refractivity contribution in [3.05, 3.63) is 48.5 Å². The highest BCUT2D eigenvalue weighted by Gasteiger charge is 2.17. The highest BCUT2D eigenvalue weighted by molar-refractivity contribution is 7.99. The van der Waals surface area contributed by atoms with Gasteiger partial charge in [-0.2, -0.15) is 8.78 Å². The van der Waals surface area contributed by atoms with E-state index in [0.717, 1.165) is 17.1 Å². The molecule has 1 aromatic heterocycles. The summed E-state index contributed by atoms with van der Waals surface area (Å²) >= 11 is 1.28. The lowest BCUT2D eigenvalue weighted by Crippen LogP contribution is -2.15. The van der Waals surface area contributed by atoms with Crippen molar-refractivity contribution >= 4 is 23.4 Å². The topological polar surface area (TPSA) is 78.3 Å². The van der Waals surface area contributed by atoms with E-state index in [0.29, 0.717) is 23.3 Å². The van der Waals surface area contributed by atoms with Crippen LogP contribution in [-0.2, 0) is 11.3 Å². The standard InChI is InChI=1S/C22H24F2N4O3S/c1-14(2)12-28-20(15-4-8-17(30-3)9-5-15)26-27-22(28)32-13-19(29)25-16-6-10-18(11-7-16)31-21(23)24/h4-11,14,21H,12-13H2,1-3H3,(H,25,29). The maximum atomic E-state index is 12.4. The summed E-state index contributed by atoms with van der Waals surface area (Å²) in [5, 5.41) is 12.0. The number of benzene rings is 2. The largest absolute Gasteiger partial charge is 0.497 e. The summed E-state index contributed by atoms with van der Waals surface area (Å²) in [5.74, 6) is 1.73. The van der Waals surface area contributed by atoms with Gasteiger partial charge in [0, 0.05) is 17.8 Å². The zero-order valence-electron chi connectivity index (χ0n) is 17.9. The molecule has 0 bridgehead atoms. The summed E-state index contributed by atoms with van der Waals surface area (Å²) in [6, 6.07) is 13.3. The molecule has 1 amide bonds. The van der Waals surface area contributed by atoms with Crippen LogP contribution in [0.5, 0.6) is 11.5 Å². The predicted molar refractivity (Wildman–Crippen MR) is 119 cm³/mol. The molecule has 170 valence electrons. The van der Waals surface area contributed by atoms with Crippen LogP contribution in [0.25, 0.3) is 11.4 Å². The Labute approximate surface area is 189 Å². The van der Waals surface area contributed by atoms with Crippen molar-refractivity contribution in [3.8, 4) is 22.9 Å². The lowest BCUT2D eigenvalue weighted by molar-refractivity contribution is -0.113. The lowest BCUT2D eigenvalue weighted by atomic mass is 10.2. The summed E-state index contributed by atoms with van der Waals surface area (Å²) in [5.41, 5.74) is 1.39. The molecule has 0 radical (unpaired) electrons. The van der Waals surface area contributed by atoms with Gasteiger partial charge in [0.25, 0.3) is 0 Å². The third kappa shape index (κ3) is 6.43.